The van der Waals surface area contributed by atoms with Crippen LogP contribution < -0.4 is 9.47 Å². The maximum atomic E-state index is 6.67. The smallest absolute Gasteiger partial charge is 0.169 e. The van der Waals surface area contributed by atoms with Crippen LogP contribution in [0.15, 0.2) is 72.8 Å². The van der Waals surface area contributed by atoms with Crippen LogP contribution in [0.2, 0.25) is 0 Å². The van der Waals surface area contributed by atoms with Gasteiger partial charge in [-0.25, -0.2) is 0 Å². The molecule has 4 aromatic carbocycles. The normalized spacial score (nSPS) is 11.3. The van der Waals surface area contributed by atoms with Gasteiger partial charge in [0, 0.05) is 5.56 Å². The highest BCUT2D eigenvalue weighted by Gasteiger charge is 2.19. The molecule has 2 heteroatoms. The fraction of sp³-hybridized carbons (Fsp3) is 0.444. The Morgan fingerprint density at radius 3 is 1.76 bits per heavy atom. The van der Waals surface area contributed by atoms with Gasteiger partial charge < -0.3 is 9.47 Å². The zero-order valence-electron chi connectivity index (χ0n) is 23.6. The molecule has 0 bridgehead atoms. The van der Waals surface area contributed by atoms with Gasteiger partial charge in [-0.1, -0.05) is 145 Å². The molecule has 2 nitrogen and oxygen atoms in total. The number of rotatable bonds is 17. The summed E-state index contributed by atoms with van der Waals surface area (Å²) in [6.45, 7) is 5.98. The molecule has 0 radical (unpaired) electrons. The number of fused-ring (bicyclic) bond motifs is 2. The zero-order chi connectivity index (χ0) is 26.4. The van der Waals surface area contributed by atoms with E-state index in [1.165, 1.54) is 91.3 Å². The van der Waals surface area contributed by atoms with Crippen molar-refractivity contribution < 1.29 is 9.47 Å². The number of unbranched alkanes of at least 4 members (excludes halogenated alkanes) is 10. The Bertz CT molecular complexity index is 1250. The number of ether oxygens (including phenoxy) is 2. The Hall–Kier alpha value is -3.00. The molecule has 0 aromatic heterocycles. The van der Waals surface area contributed by atoms with E-state index in [2.05, 4.69) is 86.6 Å². The molecule has 0 saturated heterocycles. The van der Waals surface area contributed by atoms with Crippen LogP contribution in [0.4, 0.5) is 0 Å². The maximum absolute atomic E-state index is 6.67. The summed E-state index contributed by atoms with van der Waals surface area (Å²) in [4.78, 5) is 0. The van der Waals surface area contributed by atoms with Gasteiger partial charge in [-0.2, -0.15) is 0 Å². The molecule has 0 N–H and O–H groups in total. The first kappa shape index (κ1) is 28.0. The second kappa shape index (κ2) is 15.4. The van der Waals surface area contributed by atoms with Crippen molar-refractivity contribution in [2.24, 2.45) is 0 Å². The van der Waals surface area contributed by atoms with E-state index < -0.39 is 0 Å². The maximum Gasteiger partial charge on any atom is 0.169 e. The van der Waals surface area contributed by atoms with Gasteiger partial charge in [0.25, 0.3) is 0 Å². The highest BCUT2D eigenvalue weighted by atomic mass is 16.5. The van der Waals surface area contributed by atoms with Crippen LogP contribution in [0, 0.1) is 0 Å². The summed E-state index contributed by atoms with van der Waals surface area (Å²) in [5.74, 6) is 1.78. The second-order valence-electron chi connectivity index (χ2n) is 10.6. The first-order valence-electron chi connectivity index (χ1n) is 15.1. The summed E-state index contributed by atoms with van der Waals surface area (Å²) in [6, 6.07) is 26.1. The standard InChI is InChI=1S/C36H46O2/c1-3-5-7-9-11-17-26-37-34-28-30-21-14-16-24-32(30)35(36(34)38-27-18-12-10-8-6-4-2)33-25-19-22-29-20-13-15-23-31(29)33/h13-16,19-25,28H,3-12,17-18,26-27H2,1-2H3. The molecular weight excluding hydrogens is 464 g/mol. The number of hydrogen-bond donors (Lipinski definition) is 0. The number of benzene rings is 4. The average molecular weight is 511 g/mol. The minimum atomic E-state index is 0.718. The lowest BCUT2D eigenvalue weighted by Crippen LogP contribution is -2.05. The largest absolute Gasteiger partial charge is 0.490 e. The molecule has 0 unspecified atom stereocenters. The lowest BCUT2D eigenvalue weighted by atomic mass is 9.92. The quantitative estimate of drug-likeness (QED) is 0.131. The Kier molecular flexibility index (Phi) is 11.4. The van der Waals surface area contributed by atoms with Crippen molar-refractivity contribution in [1.29, 1.82) is 0 Å². The lowest BCUT2D eigenvalue weighted by molar-refractivity contribution is 0.260. The van der Waals surface area contributed by atoms with E-state index in [1.54, 1.807) is 0 Å². The van der Waals surface area contributed by atoms with Crippen LogP contribution >= 0.6 is 0 Å². The topological polar surface area (TPSA) is 18.5 Å². The van der Waals surface area contributed by atoms with Gasteiger partial charge in [0.15, 0.2) is 11.5 Å². The second-order valence-corrected chi connectivity index (χ2v) is 10.6. The highest BCUT2D eigenvalue weighted by molar-refractivity contribution is 6.08. The van der Waals surface area contributed by atoms with Crippen molar-refractivity contribution in [3.63, 3.8) is 0 Å². The predicted molar refractivity (Wildman–Crippen MR) is 165 cm³/mol. The highest BCUT2D eigenvalue weighted by Crippen LogP contribution is 2.46. The summed E-state index contributed by atoms with van der Waals surface area (Å²) >= 11 is 0. The summed E-state index contributed by atoms with van der Waals surface area (Å²) in [7, 11) is 0. The van der Waals surface area contributed by atoms with E-state index in [0.717, 1.165) is 43.1 Å². The Morgan fingerprint density at radius 2 is 1.05 bits per heavy atom. The summed E-state index contributed by atoms with van der Waals surface area (Å²) in [5.41, 5.74) is 2.37. The molecule has 0 atom stereocenters. The van der Waals surface area contributed by atoms with Gasteiger partial charge in [-0.05, 0) is 46.0 Å². The predicted octanol–water partition coefficient (Wildman–Crippen LogP) is 11.1. The molecule has 0 spiro atoms. The first-order chi connectivity index (χ1) is 18.8. The van der Waals surface area contributed by atoms with E-state index in [4.69, 9.17) is 9.47 Å². The van der Waals surface area contributed by atoms with Crippen LogP contribution in [0.25, 0.3) is 32.7 Å². The Labute approximate surface area is 230 Å². The molecule has 0 aliphatic carbocycles. The molecule has 4 aromatic rings. The molecule has 0 fully saturated rings. The van der Waals surface area contributed by atoms with Crippen molar-refractivity contribution in [1.82, 2.24) is 0 Å². The fourth-order valence-electron chi connectivity index (χ4n) is 5.39. The van der Waals surface area contributed by atoms with Crippen molar-refractivity contribution in [2.75, 3.05) is 13.2 Å². The molecule has 0 aliphatic heterocycles. The van der Waals surface area contributed by atoms with E-state index in [0.29, 0.717) is 0 Å². The van der Waals surface area contributed by atoms with E-state index >= 15 is 0 Å². The summed E-state index contributed by atoms with van der Waals surface area (Å²) in [6.07, 6.45) is 15.0. The summed E-state index contributed by atoms with van der Waals surface area (Å²) in [5, 5.41) is 4.90. The zero-order valence-corrected chi connectivity index (χ0v) is 23.6. The van der Waals surface area contributed by atoms with Gasteiger partial charge in [0.1, 0.15) is 0 Å². The minimum Gasteiger partial charge on any atom is -0.490 e. The molecular formula is C36H46O2. The molecule has 0 heterocycles. The van der Waals surface area contributed by atoms with E-state index in [9.17, 15) is 0 Å². The van der Waals surface area contributed by atoms with Crippen LogP contribution in [-0.4, -0.2) is 13.2 Å². The third-order valence-electron chi connectivity index (χ3n) is 7.53. The SMILES string of the molecule is CCCCCCCCOc1cc2ccccc2c(-c2cccc3ccccc23)c1OCCCCCCCC. The lowest BCUT2D eigenvalue weighted by Gasteiger charge is -2.20. The summed E-state index contributed by atoms with van der Waals surface area (Å²) < 4.78 is 13.2. The molecule has 0 aliphatic rings. The van der Waals surface area contributed by atoms with E-state index in [-0.39, 0.29) is 0 Å². The van der Waals surface area contributed by atoms with Gasteiger partial charge in [0.2, 0.25) is 0 Å². The molecule has 0 saturated carbocycles. The van der Waals surface area contributed by atoms with Gasteiger partial charge in [-0.3, -0.25) is 0 Å². The molecule has 0 amide bonds. The minimum absolute atomic E-state index is 0.718. The van der Waals surface area contributed by atoms with Gasteiger partial charge >= 0.3 is 0 Å². The number of hydrogen-bond acceptors (Lipinski definition) is 2. The fourth-order valence-corrected chi connectivity index (χ4v) is 5.39. The third-order valence-corrected chi connectivity index (χ3v) is 7.53. The monoisotopic (exact) mass is 510 g/mol. The van der Waals surface area contributed by atoms with Crippen molar-refractivity contribution in [3.05, 3.63) is 72.8 Å². The van der Waals surface area contributed by atoms with Crippen LogP contribution in [0.5, 0.6) is 11.5 Å². The molecule has 38 heavy (non-hydrogen) atoms. The van der Waals surface area contributed by atoms with Crippen LogP contribution in [0.3, 0.4) is 0 Å². The molecule has 202 valence electrons. The van der Waals surface area contributed by atoms with Gasteiger partial charge in [-0.15, -0.1) is 0 Å². The van der Waals surface area contributed by atoms with Crippen molar-refractivity contribution in [3.8, 4) is 22.6 Å². The van der Waals surface area contributed by atoms with Gasteiger partial charge in [0.05, 0.1) is 13.2 Å². The molecule has 4 rings (SSSR count). The van der Waals surface area contributed by atoms with Crippen LogP contribution in [0.1, 0.15) is 90.9 Å². The first-order valence-corrected chi connectivity index (χ1v) is 15.1. The third kappa shape index (κ3) is 7.53. The Balaban J connectivity index is 1.65. The Morgan fingerprint density at radius 1 is 0.500 bits per heavy atom. The van der Waals surface area contributed by atoms with Crippen molar-refractivity contribution in [2.45, 2.75) is 90.9 Å². The average Bonchev–Trinajstić information content (AvgIpc) is 2.96. The van der Waals surface area contributed by atoms with E-state index in [1.807, 2.05) is 0 Å². The van der Waals surface area contributed by atoms with Crippen LogP contribution in [-0.2, 0) is 0 Å². The van der Waals surface area contributed by atoms with Crippen molar-refractivity contribution >= 4 is 21.5 Å².